The third kappa shape index (κ3) is 3.20. The van der Waals surface area contributed by atoms with Crippen molar-refractivity contribution >= 4 is 28.8 Å². The van der Waals surface area contributed by atoms with Gasteiger partial charge in [0.15, 0.2) is 0 Å². The van der Waals surface area contributed by atoms with Gasteiger partial charge < -0.3 is 10.2 Å². The van der Waals surface area contributed by atoms with E-state index in [1.54, 1.807) is 24.3 Å². The van der Waals surface area contributed by atoms with Crippen LogP contribution in [0.15, 0.2) is 36.4 Å². The van der Waals surface area contributed by atoms with Crippen LogP contribution < -0.4 is 5.32 Å². The van der Waals surface area contributed by atoms with Crippen molar-refractivity contribution < 1.29 is 9.59 Å². The molecule has 2 heterocycles. The van der Waals surface area contributed by atoms with Gasteiger partial charge >= 0.3 is 0 Å². The highest BCUT2D eigenvalue weighted by Crippen LogP contribution is 2.19. The van der Waals surface area contributed by atoms with Crippen molar-refractivity contribution in [3.8, 4) is 0 Å². The average Bonchev–Trinajstić information content (AvgIpc) is 3.18. The second-order valence-electron chi connectivity index (χ2n) is 5.44. The van der Waals surface area contributed by atoms with E-state index in [1.165, 1.54) is 11.3 Å². The summed E-state index contributed by atoms with van der Waals surface area (Å²) in [5.41, 5.74) is 1.38. The maximum absolute atomic E-state index is 12.2. The molecule has 2 amide bonds. The molecule has 3 rings (SSSR count). The number of carbonyl (C=O) groups excluding carboxylic acids is 2. The second-order valence-corrected chi connectivity index (χ2v) is 6.73. The molecule has 0 aliphatic carbocycles. The third-order valence-corrected chi connectivity index (χ3v) is 4.75. The van der Waals surface area contributed by atoms with Crippen LogP contribution in [0.2, 0.25) is 0 Å². The highest BCUT2D eigenvalue weighted by Gasteiger charge is 2.19. The van der Waals surface area contributed by atoms with Crippen LogP contribution in [0.25, 0.3) is 0 Å². The van der Waals surface area contributed by atoms with E-state index in [0.29, 0.717) is 16.1 Å². The minimum Gasteiger partial charge on any atom is -0.339 e. The molecule has 1 aromatic carbocycles. The summed E-state index contributed by atoms with van der Waals surface area (Å²) in [5.74, 6) is -0.0408. The van der Waals surface area contributed by atoms with Crippen LogP contribution in [0, 0.1) is 6.92 Å². The summed E-state index contributed by atoms with van der Waals surface area (Å²) >= 11 is 1.47. The van der Waals surface area contributed by atoms with Gasteiger partial charge in [-0.15, -0.1) is 11.3 Å². The Bertz CT molecular complexity index is 685. The topological polar surface area (TPSA) is 49.4 Å². The van der Waals surface area contributed by atoms with Crippen LogP contribution in [-0.2, 0) is 0 Å². The van der Waals surface area contributed by atoms with E-state index in [2.05, 4.69) is 5.32 Å². The first-order chi connectivity index (χ1) is 10.6. The fraction of sp³-hybridized carbons (Fsp3) is 0.294. The molecule has 1 N–H and O–H groups in total. The lowest BCUT2D eigenvalue weighted by atomic mass is 10.2. The Morgan fingerprint density at radius 2 is 1.73 bits per heavy atom. The number of thiophene rings is 1. The first-order valence-corrected chi connectivity index (χ1v) is 8.22. The summed E-state index contributed by atoms with van der Waals surface area (Å²) in [6.07, 6.45) is 2.17. The van der Waals surface area contributed by atoms with E-state index in [1.807, 2.05) is 24.0 Å². The molecule has 0 saturated carbocycles. The maximum Gasteiger partial charge on any atom is 0.265 e. The zero-order chi connectivity index (χ0) is 15.5. The Kier molecular flexibility index (Phi) is 4.24. The monoisotopic (exact) mass is 314 g/mol. The van der Waals surface area contributed by atoms with Crippen molar-refractivity contribution in [3.05, 3.63) is 51.7 Å². The number of carbonyl (C=O) groups is 2. The number of rotatable bonds is 3. The molecule has 1 fully saturated rings. The number of hydrogen-bond acceptors (Lipinski definition) is 3. The van der Waals surface area contributed by atoms with Crippen LogP contribution in [0.3, 0.4) is 0 Å². The molecule has 0 unspecified atom stereocenters. The number of nitrogens with one attached hydrogen (secondary N) is 1. The fourth-order valence-electron chi connectivity index (χ4n) is 2.55. The SMILES string of the molecule is Cc1ccc(C(=O)Nc2ccc(C(=O)N3CCCC3)cc2)s1. The number of nitrogens with zero attached hydrogens (tertiary/aromatic N) is 1. The quantitative estimate of drug-likeness (QED) is 0.942. The largest absolute Gasteiger partial charge is 0.339 e. The van der Waals surface area contributed by atoms with E-state index in [-0.39, 0.29) is 11.8 Å². The zero-order valence-corrected chi connectivity index (χ0v) is 13.3. The van der Waals surface area contributed by atoms with Gasteiger partial charge in [-0.2, -0.15) is 0 Å². The number of anilines is 1. The number of hydrogen-bond donors (Lipinski definition) is 1. The van der Waals surface area contributed by atoms with Crippen molar-refractivity contribution in [1.82, 2.24) is 4.90 Å². The molecule has 2 aromatic rings. The molecule has 0 atom stereocenters. The van der Waals surface area contributed by atoms with Gasteiger partial charge in [-0.25, -0.2) is 0 Å². The average molecular weight is 314 g/mol. The molecule has 1 aliphatic heterocycles. The fourth-order valence-corrected chi connectivity index (χ4v) is 3.31. The summed E-state index contributed by atoms with van der Waals surface area (Å²) in [5, 5.41) is 2.85. The van der Waals surface area contributed by atoms with Crippen LogP contribution >= 0.6 is 11.3 Å². The lowest BCUT2D eigenvalue weighted by molar-refractivity contribution is 0.0792. The van der Waals surface area contributed by atoms with Crippen molar-refractivity contribution in [2.24, 2.45) is 0 Å². The normalized spacial score (nSPS) is 14.1. The van der Waals surface area contributed by atoms with Gasteiger partial charge in [-0.05, 0) is 56.2 Å². The van der Waals surface area contributed by atoms with Crippen molar-refractivity contribution in [3.63, 3.8) is 0 Å². The Balaban J connectivity index is 1.66. The van der Waals surface area contributed by atoms with Gasteiger partial charge in [0.05, 0.1) is 4.88 Å². The van der Waals surface area contributed by atoms with Crippen LogP contribution in [-0.4, -0.2) is 29.8 Å². The van der Waals surface area contributed by atoms with Gasteiger partial charge in [0.1, 0.15) is 0 Å². The number of amides is 2. The van der Waals surface area contributed by atoms with E-state index in [4.69, 9.17) is 0 Å². The maximum atomic E-state index is 12.2. The second kappa shape index (κ2) is 6.32. The van der Waals surface area contributed by atoms with E-state index in [9.17, 15) is 9.59 Å². The Hall–Kier alpha value is -2.14. The number of likely N-dealkylation sites (tertiary alicyclic amines) is 1. The van der Waals surface area contributed by atoms with Crippen LogP contribution in [0.1, 0.15) is 37.7 Å². The molecule has 0 radical (unpaired) electrons. The van der Waals surface area contributed by atoms with Crippen LogP contribution in [0.5, 0.6) is 0 Å². The summed E-state index contributed by atoms with van der Waals surface area (Å²) in [6, 6.07) is 10.9. The molecule has 22 heavy (non-hydrogen) atoms. The molecule has 114 valence electrons. The molecular formula is C17H18N2O2S. The van der Waals surface area contributed by atoms with Gasteiger partial charge in [-0.1, -0.05) is 0 Å². The predicted molar refractivity (Wildman–Crippen MR) is 88.6 cm³/mol. The Morgan fingerprint density at radius 3 is 2.32 bits per heavy atom. The summed E-state index contributed by atoms with van der Waals surface area (Å²) in [7, 11) is 0. The lowest BCUT2D eigenvalue weighted by Crippen LogP contribution is -2.27. The minimum absolute atomic E-state index is 0.0734. The molecular weight excluding hydrogens is 296 g/mol. The lowest BCUT2D eigenvalue weighted by Gasteiger charge is -2.15. The molecule has 5 heteroatoms. The molecule has 1 saturated heterocycles. The predicted octanol–water partition coefficient (Wildman–Crippen LogP) is 3.54. The molecule has 1 aliphatic rings. The van der Waals surface area contributed by atoms with Crippen molar-refractivity contribution in [1.29, 1.82) is 0 Å². The minimum atomic E-state index is -0.114. The third-order valence-electron chi connectivity index (χ3n) is 3.75. The smallest absolute Gasteiger partial charge is 0.265 e. The molecule has 0 spiro atoms. The number of aryl methyl sites for hydroxylation is 1. The zero-order valence-electron chi connectivity index (χ0n) is 12.5. The molecule has 0 bridgehead atoms. The molecule has 1 aromatic heterocycles. The summed E-state index contributed by atoms with van der Waals surface area (Å²) < 4.78 is 0. The van der Waals surface area contributed by atoms with Crippen molar-refractivity contribution in [2.45, 2.75) is 19.8 Å². The van der Waals surface area contributed by atoms with E-state index < -0.39 is 0 Å². The summed E-state index contributed by atoms with van der Waals surface area (Å²) in [6.45, 7) is 3.66. The van der Waals surface area contributed by atoms with Crippen molar-refractivity contribution in [2.75, 3.05) is 18.4 Å². The standard InChI is InChI=1S/C17H18N2O2S/c1-12-4-9-15(22-12)16(20)18-14-7-5-13(6-8-14)17(21)19-10-2-3-11-19/h4-9H,2-3,10-11H2,1H3,(H,18,20). The Labute approximate surface area is 133 Å². The van der Waals surface area contributed by atoms with Gasteiger partial charge in [0.2, 0.25) is 0 Å². The van der Waals surface area contributed by atoms with E-state index >= 15 is 0 Å². The first-order valence-electron chi connectivity index (χ1n) is 7.40. The van der Waals surface area contributed by atoms with E-state index in [0.717, 1.165) is 30.8 Å². The van der Waals surface area contributed by atoms with Gasteiger partial charge in [0.25, 0.3) is 11.8 Å². The van der Waals surface area contributed by atoms with Gasteiger partial charge in [0, 0.05) is 29.2 Å². The summed E-state index contributed by atoms with van der Waals surface area (Å²) in [4.78, 5) is 28.0. The highest BCUT2D eigenvalue weighted by atomic mass is 32.1. The first kappa shape index (κ1) is 14.8. The number of benzene rings is 1. The van der Waals surface area contributed by atoms with Crippen LogP contribution in [0.4, 0.5) is 5.69 Å². The highest BCUT2D eigenvalue weighted by molar-refractivity contribution is 7.14. The van der Waals surface area contributed by atoms with Gasteiger partial charge in [-0.3, -0.25) is 9.59 Å². The molecule has 4 nitrogen and oxygen atoms in total. The Morgan fingerprint density at radius 1 is 1.05 bits per heavy atom.